The first-order valence-electron chi connectivity index (χ1n) is 12.3. The van der Waals surface area contributed by atoms with E-state index in [0.717, 1.165) is 54.5 Å². The summed E-state index contributed by atoms with van der Waals surface area (Å²) in [5.74, 6) is 0.723. The molecule has 2 aromatic carbocycles. The summed E-state index contributed by atoms with van der Waals surface area (Å²) < 4.78 is 3.81. The van der Waals surface area contributed by atoms with Crippen LogP contribution < -0.4 is 0 Å². The van der Waals surface area contributed by atoms with Gasteiger partial charge in [0.1, 0.15) is 5.69 Å². The van der Waals surface area contributed by atoms with E-state index in [9.17, 15) is 15.2 Å². The predicted molar refractivity (Wildman–Crippen MR) is 134 cm³/mol. The number of nitrogens with zero attached hydrogens (tertiary/aromatic N) is 7. The monoisotopic (exact) mass is 483 g/mol. The molecule has 9 heteroatoms. The van der Waals surface area contributed by atoms with Gasteiger partial charge >= 0.3 is 6.09 Å². The normalized spacial score (nSPS) is 17.7. The van der Waals surface area contributed by atoms with E-state index in [0.29, 0.717) is 23.7 Å². The molecule has 1 amide bonds. The lowest BCUT2D eigenvalue weighted by molar-refractivity contribution is 0.119. The summed E-state index contributed by atoms with van der Waals surface area (Å²) in [6, 6.07) is 15.7. The van der Waals surface area contributed by atoms with Gasteiger partial charge in [0, 0.05) is 13.1 Å². The summed E-state index contributed by atoms with van der Waals surface area (Å²) in [5.41, 5.74) is 5.14. The van der Waals surface area contributed by atoms with Crippen LogP contribution in [0.4, 0.5) is 4.79 Å². The molecule has 1 N–H and O–H groups in total. The Balaban J connectivity index is 1.23. The van der Waals surface area contributed by atoms with Crippen LogP contribution in [0.15, 0.2) is 55.0 Å². The fourth-order valence-electron chi connectivity index (χ4n) is 5.27. The number of fused-ring (bicyclic) bond motifs is 1. The summed E-state index contributed by atoms with van der Waals surface area (Å²) in [6.45, 7) is 3.53. The fraction of sp³-hybridized carbons (Fsp3) is 0.370. The van der Waals surface area contributed by atoms with Crippen molar-refractivity contribution >= 4 is 17.1 Å². The van der Waals surface area contributed by atoms with E-state index in [-0.39, 0.29) is 12.5 Å². The molecule has 184 valence electrons. The molecule has 9 nitrogen and oxygen atoms in total. The fourth-order valence-corrected chi connectivity index (χ4v) is 5.27. The number of benzene rings is 2. The number of amides is 1. The third-order valence-corrected chi connectivity index (χ3v) is 7.01. The number of imidazole rings is 1. The van der Waals surface area contributed by atoms with Crippen LogP contribution in [0.5, 0.6) is 0 Å². The van der Waals surface area contributed by atoms with Crippen LogP contribution in [0.1, 0.15) is 42.5 Å². The minimum absolute atomic E-state index is 0.214. The number of aromatic nitrogens is 5. The second-order valence-electron chi connectivity index (χ2n) is 9.77. The molecule has 5 rings (SSSR count). The molecule has 2 aromatic heterocycles. The van der Waals surface area contributed by atoms with Crippen molar-refractivity contribution in [3.63, 3.8) is 0 Å². The Bertz CT molecular complexity index is 1420. The number of hydrogen-bond donors (Lipinski definition) is 1. The van der Waals surface area contributed by atoms with Crippen molar-refractivity contribution in [2.45, 2.75) is 45.7 Å². The molecule has 36 heavy (non-hydrogen) atoms. The number of carbonyl (C=O) groups is 1. The first-order chi connectivity index (χ1) is 17.5. The average Bonchev–Trinajstić information content (AvgIpc) is 3.51. The number of nitriles is 1. The van der Waals surface area contributed by atoms with Gasteiger partial charge in [0.25, 0.3) is 0 Å². The lowest BCUT2D eigenvalue weighted by Gasteiger charge is -2.32. The summed E-state index contributed by atoms with van der Waals surface area (Å²) in [5, 5.41) is 27.6. The van der Waals surface area contributed by atoms with Gasteiger partial charge in [0.15, 0.2) is 0 Å². The SMILES string of the molecule is Cc1cccc(-n2cc(CN(CC3CCC[C@H](Cn4cnc5ccc(C#N)cc54)C3)C(=O)O)nn2)c1. The molecule has 1 fully saturated rings. The van der Waals surface area contributed by atoms with E-state index in [2.05, 4.69) is 25.9 Å². The number of rotatable bonds is 7. The van der Waals surface area contributed by atoms with E-state index in [1.165, 1.54) is 4.90 Å². The molecule has 2 heterocycles. The second kappa shape index (κ2) is 10.2. The maximum atomic E-state index is 12.1. The van der Waals surface area contributed by atoms with Crippen LogP contribution >= 0.6 is 0 Å². The molecule has 0 spiro atoms. The van der Waals surface area contributed by atoms with Crippen LogP contribution in [-0.4, -0.2) is 47.2 Å². The Morgan fingerprint density at radius 2 is 2.08 bits per heavy atom. The van der Waals surface area contributed by atoms with Gasteiger partial charge < -0.3 is 14.6 Å². The Labute approximate surface area is 209 Å². The smallest absolute Gasteiger partial charge is 0.407 e. The number of aryl methyl sites for hydroxylation is 1. The standard InChI is InChI=1S/C27H29N7O2/c1-19-4-2-7-24(10-19)34-17-23(30-31-34)16-32(27(35)36)14-21-5-3-6-22(11-21)15-33-18-29-25-9-8-20(13-28)12-26(25)33/h2,4,7-10,12,17-18,21-22H,3,5-6,11,14-16H2,1H3,(H,35,36)/t21?,22-/m0/s1. The third kappa shape index (κ3) is 5.23. The zero-order chi connectivity index (χ0) is 25.1. The van der Waals surface area contributed by atoms with Crippen LogP contribution in [0.2, 0.25) is 0 Å². The maximum absolute atomic E-state index is 12.1. The molecular weight excluding hydrogens is 454 g/mol. The second-order valence-corrected chi connectivity index (χ2v) is 9.77. The molecule has 1 saturated carbocycles. The van der Waals surface area contributed by atoms with Crippen molar-refractivity contribution in [2.75, 3.05) is 6.54 Å². The molecule has 1 unspecified atom stereocenters. The Hall–Kier alpha value is -4.19. The van der Waals surface area contributed by atoms with Crippen molar-refractivity contribution in [3.8, 4) is 11.8 Å². The van der Waals surface area contributed by atoms with Crippen molar-refractivity contribution in [1.29, 1.82) is 5.26 Å². The van der Waals surface area contributed by atoms with Crippen LogP contribution in [0.25, 0.3) is 16.7 Å². The Morgan fingerprint density at radius 3 is 2.89 bits per heavy atom. The topological polar surface area (TPSA) is 113 Å². The molecule has 0 bridgehead atoms. The van der Waals surface area contributed by atoms with Gasteiger partial charge in [0.05, 0.1) is 47.4 Å². The molecule has 0 aliphatic heterocycles. The largest absolute Gasteiger partial charge is 0.465 e. The molecule has 1 aliphatic carbocycles. The highest BCUT2D eigenvalue weighted by Gasteiger charge is 2.27. The van der Waals surface area contributed by atoms with Crippen molar-refractivity contribution in [2.24, 2.45) is 11.8 Å². The summed E-state index contributed by atoms with van der Waals surface area (Å²) in [6.07, 6.45) is 6.85. The van der Waals surface area contributed by atoms with E-state index in [4.69, 9.17) is 0 Å². The van der Waals surface area contributed by atoms with Crippen LogP contribution in [0, 0.1) is 30.1 Å². The lowest BCUT2D eigenvalue weighted by Crippen LogP contribution is -2.36. The van der Waals surface area contributed by atoms with Crippen LogP contribution in [0.3, 0.4) is 0 Å². The van der Waals surface area contributed by atoms with Gasteiger partial charge in [0.2, 0.25) is 0 Å². The predicted octanol–water partition coefficient (Wildman–Crippen LogP) is 4.78. The van der Waals surface area contributed by atoms with Gasteiger partial charge in [-0.3, -0.25) is 0 Å². The van der Waals surface area contributed by atoms with Gasteiger partial charge in [-0.05, 0) is 73.9 Å². The highest BCUT2D eigenvalue weighted by molar-refractivity contribution is 5.77. The highest BCUT2D eigenvalue weighted by atomic mass is 16.4. The molecule has 1 aliphatic rings. The quantitative estimate of drug-likeness (QED) is 0.405. The van der Waals surface area contributed by atoms with Gasteiger partial charge in [-0.1, -0.05) is 23.8 Å². The Morgan fingerprint density at radius 1 is 1.22 bits per heavy atom. The molecular formula is C27H29N7O2. The molecule has 0 radical (unpaired) electrons. The first-order valence-corrected chi connectivity index (χ1v) is 12.3. The summed E-state index contributed by atoms with van der Waals surface area (Å²) in [7, 11) is 0. The number of hydrogen-bond acceptors (Lipinski definition) is 5. The van der Waals surface area contributed by atoms with Crippen molar-refractivity contribution < 1.29 is 9.90 Å². The van der Waals surface area contributed by atoms with E-state index in [1.54, 1.807) is 16.9 Å². The minimum Gasteiger partial charge on any atom is -0.465 e. The van der Waals surface area contributed by atoms with Crippen LogP contribution in [-0.2, 0) is 13.1 Å². The number of carboxylic acid groups (broad SMARTS) is 1. The molecule has 2 atom stereocenters. The lowest BCUT2D eigenvalue weighted by atomic mass is 9.81. The maximum Gasteiger partial charge on any atom is 0.407 e. The van der Waals surface area contributed by atoms with Gasteiger partial charge in [-0.25, -0.2) is 14.5 Å². The summed E-state index contributed by atoms with van der Waals surface area (Å²) >= 11 is 0. The van der Waals surface area contributed by atoms with Crippen molar-refractivity contribution in [3.05, 3.63) is 71.8 Å². The zero-order valence-corrected chi connectivity index (χ0v) is 20.3. The van der Waals surface area contributed by atoms with E-state index < -0.39 is 6.09 Å². The molecule has 0 saturated heterocycles. The Kier molecular flexibility index (Phi) is 6.67. The van der Waals surface area contributed by atoms with Gasteiger partial charge in [-0.15, -0.1) is 5.10 Å². The minimum atomic E-state index is -0.938. The highest BCUT2D eigenvalue weighted by Crippen LogP contribution is 2.32. The summed E-state index contributed by atoms with van der Waals surface area (Å²) in [4.78, 5) is 18.0. The third-order valence-electron chi connectivity index (χ3n) is 7.01. The zero-order valence-electron chi connectivity index (χ0n) is 20.3. The van der Waals surface area contributed by atoms with E-state index >= 15 is 0 Å². The van der Waals surface area contributed by atoms with Gasteiger partial charge in [-0.2, -0.15) is 5.26 Å². The average molecular weight is 484 g/mol. The van der Waals surface area contributed by atoms with E-state index in [1.807, 2.05) is 49.6 Å². The van der Waals surface area contributed by atoms with Crippen molar-refractivity contribution in [1.82, 2.24) is 29.4 Å². The first kappa shape index (κ1) is 23.5. The molecule has 4 aromatic rings.